The van der Waals surface area contributed by atoms with Crippen LogP contribution in [0.2, 0.25) is 0 Å². The van der Waals surface area contributed by atoms with Gasteiger partial charge < -0.3 is 4.90 Å². The molecule has 132 valence electrons. The maximum atomic E-state index is 4.94. The molecule has 1 unspecified atom stereocenters. The van der Waals surface area contributed by atoms with Gasteiger partial charge in [0.15, 0.2) is 0 Å². The molecule has 0 radical (unpaired) electrons. The summed E-state index contributed by atoms with van der Waals surface area (Å²) in [6, 6.07) is 10.9. The topological polar surface area (TPSA) is 29.0 Å². The van der Waals surface area contributed by atoms with Crippen LogP contribution in [0.25, 0.3) is 0 Å². The summed E-state index contributed by atoms with van der Waals surface area (Å²) >= 11 is 0. The van der Waals surface area contributed by atoms with E-state index in [9.17, 15) is 0 Å². The summed E-state index contributed by atoms with van der Waals surface area (Å²) in [6.45, 7) is 8.94. The zero-order valence-corrected chi connectivity index (χ0v) is 15.8. The highest BCUT2D eigenvalue weighted by atomic mass is 15.2. The Kier molecular flexibility index (Phi) is 4.26. The van der Waals surface area contributed by atoms with E-state index in [1.165, 1.54) is 48.4 Å². The fourth-order valence-electron chi connectivity index (χ4n) is 4.28. The third-order valence-corrected chi connectivity index (χ3v) is 5.87. The van der Waals surface area contributed by atoms with Crippen molar-refractivity contribution in [1.29, 1.82) is 0 Å². The molecule has 0 spiro atoms. The van der Waals surface area contributed by atoms with Crippen LogP contribution in [0.4, 0.5) is 5.82 Å². The lowest BCUT2D eigenvalue weighted by atomic mass is 9.80. The Balaban J connectivity index is 1.78. The number of benzene rings is 1. The van der Waals surface area contributed by atoms with Crippen molar-refractivity contribution < 1.29 is 0 Å². The van der Waals surface area contributed by atoms with Crippen molar-refractivity contribution in [2.24, 2.45) is 5.92 Å². The molecule has 1 aromatic heterocycles. The van der Waals surface area contributed by atoms with Gasteiger partial charge in [-0.1, -0.05) is 37.3 Å². The predicted molar refractivity (Wildman–Crippen MR) is 103 cm³/mol. The van der Waals surface area contributed by atoms with E-state index in [0.717, 1.165) is 31.1 Å². The molecular formula is C22H29N3. The van der Waals surface area contributed by atoms with Gasteiger partial charge in [-0.25, -0.2) is 9.97 Å². The van der Waals surface area contributed by atoms with Gasteiger partial charge >= 0.3 is 0 Å². The SMILES string of the molecule is CCCN(CC1CC1)c1nc(C)nc2c1CCC2(C)c1ccccc1. The van der Waals surface area contributed by atoms with Gasteiger partial charge in [0.05, 0.1) is 5.69 Å². The number of anilines is 1. The summed E-state index contributed by atoms with van der Waals surface area (Å²) in [4.78, 5) is 12.4. The summed E-state index contributed by atoms with van der Waals surface area (Å²) in [5.74, 6) is 3.00. The molecule has 3 heteroatoms. The molecule has 0 amide bonds. The number of hydrogen-bond donors (Lipinski definition) is 0. The lowest BCUT2D eigenvalue weighted by molar-refractivity contribution is 0.550. The van der Waals surface area contributed by atoms with Crippen molar-refractivity contribution in [3.05, 3.63) is 53.0 Å². The van der Waals surface area contributed by atoms with E-state index >= 15 is 0 Å². The van der Waals surface area contributed by atoms with E-state index in [-0.39, 0.29) is 5.41 Å². The minimum atomic E-state index is 0.0104. The van der Waals surface area contributed by atoms with E-state index in [2.05, 4.69) is 56.0 Å². The Morgan fingerprint density at radius 2 is 1.92 bits per heavy atom. The highest BCUT2D eigenvalue weighted by Crippen LogP contribution is 2.45. The Morgan fingerprint density at radius 3 is 2.60 bits per heavy atom. The fourth-order valence-corrected chi connectivity index (χ4v) is 4.28. The van der Waals surface area contributed by atoms with E-state index in [0.29, 0.717) is 0 Å². The first-order chi connectivity index (χ1) is 12.1. The molecule has 3 nitrogen and oxygen atoms in total. The molecule has 2 aliphatic carbocycles. The quantitative estimate of drug-likeness (QED) is 0.768. The number of aromatic nitrogens is 2. The summed E-state index contributed by atoms with van der Waals surface area (Å²) in [5, 5.41) is 0. The van der Waals surface area contributed by atoms with Gasteiger partial charge in [-0.15, -0.1) is 0 Å². The molecule has 1 aromatic carbocycles. The van der Waals surface area contributed by atoms with Gasteiger partial charge in [0.2, 0.25) is 0 Å². The lowest BCUT2D eigenvalue weighted by Crippen LogP contribution is -2.30. The number of fused-ring (bicyclic) bond motifs is 1. The average molecular weight is 335 g/mol. The molecule has 0 saturated heterocycles. The normalized spacial score (nSPS) is 22.0. The smallest absolute Gasteiger partial charge is 0.135 e. The molecule has 25 heavy (non-hydrogen) atoms. The monoisotopic (exact) mass is 335 g/mol. The number of aryl methyl sites for hydroxylation is 1. The highest BCUT2D eigenvalue weighted by molar-refractivity contribution is 5.56. The molecule has 1 saturated carbocycles. The Labute approximate surface area is 151 Å². The maximum Gasteiger partial charge on any atom is 0.135 e. The maximum absolute atomic E-state index is 4.94. The molecule has 0 aliphatic heterocycles. The Bertz CT molecular complexity index is 751. The first-order valence-corrected chi connectivity index (χ1v) is 9.80. The second kappa shape index (κ2) is 6.44. The molecule has 1 atom stereocenters. The standard InChI is InChI=1S/C22H29N3/c1-4-14-25(15-17-10-11-17)21-19-12-13-22(3,18-8-6-5-7-9-18)20(19)23-16(2)24-21/h5-9,17H,4,10-15H2,1-3H3. The molecule has 0 N–H and O–H groups in total. The van der Waals surface area contributed by atoms with Crippen LogP contribution in [-0.4, -0.2) is 23.1 Å². The van der Waals surface area contributed by atoms with Crippen molar-refractivity contribution in [2.75, 3.05) is 18.0 Å². The van der Waals surface area contributed by atoms with Crippen LogP contribution >= 0.6 is 0 Å². The van der Waals surface area contributed by atoms with E-state index in [1.54, 1.807) is 0 Å². The van der Waals surface area contributed by atoms with E-state index in [4.69, 9.17) is 9.97 Å². The van der Waals surface area contributed by atoms with E-state index in [1.807, 2.05) is 0 Å². The van der Waals surface area contributed by atoms with Gasteiger partial charge in [0.1, 0.15) is 11.6 Å². The molecule has 1 fully saturated rings. The third kappa shape index (κ3) is 3.05. The number of rotatable bonds is 6. The largest absolute Gasteiger partial charge is 0.356 e. The molecular weight excluding hydrogens is 306 g/mol. The minimum Gasteiger partial charge on any atom is -0.356 e. The van der Waals surface area contributed by atoms with Crippen LogP contribution in [-0.2, 0) is 11.8 Å². The van der Waals surface area contributed by atoms with Crippen LogP contribution in [0, 0.1) is 12.8 Å². The average Bonchev–Trinajstić information content (AvgIpc) is 3.38. The summed E-state index contributed by atoms with van der Waals surface area (Å²) in [6.07, 6.45) is 6.14. The molecule has 4 rings (SSSR count). The first-order valence-electron chi connectivity index (χ1n) is 9.80. The first kappa shape index (κ1) is 16.6. The second-order valence-corrected chi connectivity index (χ2v) is 8.01. The molecule has 2 aliphatic rings. The van der Waals surface area contributed by atoms with Crippen molar-refractivity contribution in [3.8, 4) is 0 Å². The summed E-state index contributed by atoms with van der Waals surface area (Å²) < 4.78 is 0. The highest BCUT2D eigenvalue weighted by Gasteiger charge is 2.40. The molecule has 2 aromatic rings. The molecule has 0 bridgehead atoms. The summed E-state index contributed by atoms with van der Waals surface area (Å²) in [5.41, 5.74) is 4.04. The van der Waals surface area contributed by atoms with Crippen LogP contribution < -0.4 is 4.90 Å². The number of nitrogens with zero attached hydrogens (tertiary/aromatic N) is 3. The van der Waals surface area contributed by atoms with Crippen LogP contribution in [0.15, 0.2) is 30.3 Å². The van der Waals surface area contributed by atoms with Crippen LogP contribution in [0.1, 0.15) is 62.2 Å². The summed E-state index contributed by atoms with van der Waals surface area (Å²) in [7, 11) is 0. The predicted octanol–water partition coefficient (Wildman–Crippen LogP) is 4.66. The van der Waals surface area contributed by atoms with Gasteiger partial charge in [0.25, 0.3) is 0 Å². The molecule has 1 heterocycles. The lowest BCUT2D eigenvalue weighted by Gasteiger charge is -2.28. The zero-order valence-electron chi connectivity index (χ0n) is 15.8. The van der Waals surface area contributed by atoms with Crippen LogP contribution in [0.3, 0.4) is 0 Å². The second-order valence-electron chi connectivity index (χ2n) is 8.01. The van der Waals surface area contributed by atoms with Gasteiger partial charge in [-0.3, -0.25) is 0 Å². The van der Waals surface area contributed by atoms with Gasteiger partial charge in [-0.05, 0) is 57.4 Å². The van der Waals surface area contributed by atoms with Crippen molar-refractivity contribution in [1.82, 2.24) is 9.97 Å². The Hall–Kier alpha value is -1.90. The van der Waals surface area contributed by atoms with Gasteiger partial charge in [-0.2, -0.15) is 0 Å². The third-order valence-electron chi connectivity index (χ3n) is 5.87. The number of hydrogen-bond acceptors (Lipinski definition) is 3. The van der Waals surface area contributed by atoms with Crippen molar-refractivity contribution >= 4 is 5.82 Å². The van der Waals surface area contributed by atoms with Gasteiger partial charge in [0, 0.05) is 24.1 Å². The van der Waals surface area contributed by atoms with E-state index < -0.39 is 0 Å². The fraction of sp³-hybridized carbons (Fsp3) is 0.545. The zero-order chi connectivity index (χ0) is 17.4. The van der Waals surface area contributed by atoms with Crippen molar-refractivity contribution in [3.63, 3.8) is 0 Å². The van der Waals surface area contributed by atoms with Crippen molar-refractivity contribution in [2.45, 2.75) is 58.3 Å². The Morgan fingerprint density at radius 1 is 1.16 bits per heavy atom. The van der Waals surface area contributed by atoms with Crippen LogP contribution in [0.5, 0.6) is 0 Å². The minimum absolute atomic E-state index is 0.0104.